The predicted octanol–water partition coefficient (Wildman–Crippen LogP) is 0.163. The van der Waals surface area contributed by atoms with E-state index in [-0.39, 0.29) is 30.2 Å². The molecule has 3 rings (SSSR count). The lowest BCUT2D eigenvalue weighted by Crippen LogP contribution is -2.39. The molecule has 0 aliphatic heterocycles. The molecule has 1 fully saturated rings. The second kappa shape index (κ2) is 6.31. The van der Waals surface area contributed by atoms with Crippen molar-refractivity contribution >= 4 is 11.6 Å². The summed E-state index contributed by atoms with van der Waals surface area (Å²) in [6.07, 6.45) is 5.14. The Labute approximate surface area is 127 Å². The van der Waals surface area contributed by atoms with Crippen LogP contribution >= 0.6 is 0 Å². The maximum Gasteiger partial charge on any atom is 0.350 e. The standard InChI is InChI=1S/C15H20N4O3/c20-12-6-2-1-5-11(12)9-16-14(21)10-19-15(22)18-8-4-3-7-13(18)17-19/h3-4,7-8,11-12,20H,1-2,5-6,9-10H2,(H,16,21). The molecule has 1 aliphatic rings. The molecule has 0 saturated heterocycles. The fourth-order valence-electron chi connectivity index (χ4n) is 2.93. The van der Waals surface area contributed by atoms with Crippen LogP contribution in [0, 0.1) is 5.92 Å². The molecule has 22 heavy (non-hydrogen) atoms. The predicted molar refractivity (Wildman–Crippen MR) is 80.4 cm³/mol. The van der Waals surface area contributed by atoms with Crippen molar-refractivity contribution in [2.75, 3.05) is 6.54 Å². The summed E-state index contributed by atoms with van der Waals surface area (Å²) in [5, 5.41) is 16.8. The van der Waals surface area contributed by atoms with Crippen LogP contribution in [0.3, 0.4) is 0 Å². The van der Waals surface area contributed by atoms with Crippen molar-refractivity contribution in [3.8, 4) is 0 Å². The molecule has 2 aromatic rings. The summed E-state index contributed by atoms with van der Waals surface area (Å²) in [6, 6.07) is 5.25. The number of amides is 1. The smallest absolute Gasteiger partial charge is 0.350 e. The number of carbonyl (C=O) groups excluding carboxylic acids is 1. The minimum Gasteiger partial charge on any atom is -0.393 e. The third-order valence-electron chi connectivity index (χ3n) is 4.21. The van der Waals surface area contributed by atoms with Gasteiger partial charge in [0, 0.05) is 18.7 Å². The third kappa shape index (κ3) is 3.04. The van der Waals surface area contributed by atoms with Gasteiger partial charge >= 0.3 is 5.69 Å². The number of aliphatic hydroxyl groups is 1. The Morgan fingerprint density at radius 2 is 2.18 bits per heavy atom. The number of pyridine rings is 1. The molecule has 1 aliphatic carbocycles. The highest BCUT2D eigenvalue weighted by molar-refractivity contribution is 5.75. The van der Waals surface area contributed by atoms with Gasteiger partial charge in [-0.3, -0.25) is 9.20 Å². The number of aliphatic hydroxyl groups excluding tert-OH is 1. The SMILES string of the molecule is O=C(Cn1nc2ccccn2c1=O)NCC1CCCCC1O. The lowest BCUT2D eigenvalue weighted by molar-refractivity contribution is -0.122. The fraction of sp³-hybridized carbons (Fsp3) is 0.533. The van der Waals surface area contributed by atoms with E-state index in [2.05, 4.69) is 10.4 Å². The number of rotatable bonds is 4. The molecule has 0 radical (unpaired) electrons. The molecule has 2 atom stereocenters. The van der Waals surface area contributed by atoms with E-state index in [4.69, 9.17) is 0 Å². The largest absolute Gasteiger partial charge is 0.393 e. The zero-order valence-electron chi connectivity index (χ0n) is 12.3. The van der Waals surface area contributed by atoms with Gasteiger partial charge in [-0.25, -0.2) is 9.48 Å². The second-order valence-electron chi connectivity index (χ2n) is 5.79. The number of hydrogen-bond donors (Lipinski definition) is 2. The van der Waals surface area contributed by atoms with Crippen LogP contribution in [0.15, 0.2) is 29.2 Å². The molecule has 7 nitrogen and oxygen atoms in total. The zero-order chi connectivity index (χ0) is 15.5. The summed E-state index contributed by atoms with van der Waals surface area (Å²) in [7, 11) is 0. The summed E-state index contributed by atoms with van der Waals surface area (Å²) in [4.78, 5) is 24.1. The van der Waals surface area contributed by atoms with Crippen LogP contribution in [0.2, 0.25) is 0 Å². The molecular weight excluding hydrogens is 284 g/mol. The van der Waals surface area contributed by atoms with Gasteiger partial charge in [0.15, 0.2) is 5.65 Å². The first-order chi connectivity index (χ1) is 10.6. The highest BCUT2D eigenvalue weighted by atomic mass is 16.3. The summed E-state index contributed by atoms with van der Waals surface area (Å²) in [5.41, 5.74) is 0.187. The van der Waals surface area contributed by atoms with Gasteiger partial charge in [-0.05, 0) is 25.0 Å². The average molecular weight is 304 g/mol. The quantitative estimate of drug-likeness (QED) is 0.842. The van der Waals surface area contributed by atoms with E-state index >= 15 is 0 Å². The number of nitrogens with zero attached hydrogens (tertiary/aromatic N) is 3. The topological polar surface area (TPSA) is 88.6 Å². The van der Waals surface area contributed by atoms with Gasteiger partial charge in [0.05, 0.1) is 6.10 Å². The molecule has 2 aromatic heterocycles. The van der Waals surface area contributed by atoms with Crippen LogP contribution in [0.5, 0.6) is 0 Å². The van der Waals surface area contributed by atoms with Gasteiger partial charge in [-0.2, -0.15) is 0 Å². The van der Waals surface area contributed by atoms with Crippen molar-refractivity contribution in [3.63, 3.8) is 0 Å². The molecule has 2 unspecified atom stereocenters. The van der Waals surface area contributed by atoms with Crippen LogP contribution in [0.25, 0.3) is 5.65 Å². The summed E-state index contributed by atoms with van der Waals surface area (Å²) in [6.45, 7) is 0.339. The van der Waals surface area contributed by atoms with Gasteiger partial charge in [-0.15, -0.1) is 5.10 Å². The van der Waals surface area contributed by atoms with Crippen molar-refractivity contribution in [2.45, 2.75) is 38.3 Å². The second-order valence-corrected chi connectivity index (χ2v) is 5.79. The normalized spacial score (nSPS) is 21.9. The van der Waals surface area contributed by atoms with Crippen LogP contribution in [-0.2, 0) is 11.3 Å². The number of fused-ring (bicyclic) bond motifs is 1. The Kier molecular flexibility index (Phi) is 4.24. The Balaban J connectivity index is 1.61. The van der Waals surface area contributed by atoms with E-state index in [1.54, 1.807) is 24.4 Å². The highest BCUT2D eigenvalue weighted by Gasteiger charge is 2.23. The highest BCUT2D eigenvalue weighted by Crippen LogP contribution is 2.23. The lowest BCUT2D eigenvalue weighted by Gasteiger charge is -2.27. The molecule has 2 N–H and O–H groups in total. The van der Waals surface area contributed by atoms with Crippen molar-refractivity contribution in [3.05, 3.63) is 34.9 Å². The van der Waals surface area contributed by atoms with Gasteiger partial charge < -0.3 is 10.4 Å². The van der Waals surface area contributed by atoms with E-state index in [1.165, 1.54) is 4.40 Å². The van der Waals surface area contributed by atoms with Gasteiger partial charge in [0.2, 0.25) is 5.91 Å². The number of carbonyl (C=O) groups is 1. The van der Waals surface area contributed by atoms with E-state index in [0.717, 1.165) is 30.4 Å². The minimum atomic E-state index is -0.341. The third-order valence-corrected chi connectivity index (χ3v) is 4.21. The molecule has 7 heteroatoms. The number of hydrogen-bond acceptors (Lipinski definition) is 4. The van der Waals surface area contributed by atoms with Crippen LogP contribution in [0.1, 0.15) is 25.7 Å². The van der Waals surface area contributed by atoms with Gasteiger partial charge in [0.25, 0.3) is 0 Å². The fourth-order valence-corrected chi connectivity index (χ4v) is 2.93. The zero-order valence-corrected chi connectivity index (χ0v) is 12.3. The van der Waals surface area contributed by atoms with Crippen molar-refractivity contribution in [1.29, 1.82) is 0 Å². The Hall–Kier alpha value is -2.15. The monoisotopic (exact) mass is 304 g/mol. The molecule has 0 spiro atoms. The average Bonchev–Trinajstić information content (AvgIpc) is 2.83. The first kappa shape index (κ1) is 14.8. The van der Waals surface area contributed by atoms with E-state index in [0.29, 0.717) is 12.2 Å². The van der Waals surface area contributed by atoms with Crippen LogP contribution in [-0.4, -0.2) is 37.8 Å². The summed E-state index contributed by atoms with van der Waals surface area (Å²) < 4.78 is 2.56. The van der Waals surface area contributed by atoms with E-state index in [9.17, 15) is 14.7 Å². The van der Waals surface area contributed by atoms with Crippen molar-refractivity contribution in [1.82, 2.24) is 19.5 Å². The molecule has 0 aromatic carbocycles. The van der Waals surface area contributed by atoms with Crippen LogP contribution < -0.4 is 11.0 Å². The van der Waals surface area contributed by atoms with Crippen molar-refractivity contribution < 1.29 is 9.90 Å². The Bertz CT molecular complexity index is 721. The van der Waals surface area contributed by atoms with Gasteiger partial charge in [-0.1, -0.05) is 18.9 Å². The number of aromatic nitrogens is 3. The Morgan fingerprint density at radius 3 is 2.95 bits per heavy atom. The van der Waals surface area contributed by atoms with Gasteiger partial charge in [0.1, 0.15) is 6.54 Å². The molecular formula is C15H20N4O3. The Morgan fingerprint density at radius 1 is 1.36 bits per heavy atom. The minimum absolute atomic E-state index is 0.107. The van der Waals surface area contributed by atoms with Crippen LogP contribution in [0.4, 0.5) is 0 Å². The maximum absolute atomic E-state index is 12.1. The maximum atomic E-state index is 12.1. The number of nitrogens with one attached hydrogen (secondary N) is 1. The molecule has 2 heterocycles. The first-order valence-corrected chi connectivity index (χ1v) is 7.64. The molecule has 0 bridgehead atoms. The summed E-state index contributed by atoms with van der Waals surface area (Å²) in [5.74, 6) is -0.154. The summed E-state index contributed by atoms with van der Waals surface area (Å²) >= 11 is 0. The lowest BCUT2D eigenvalue weighted by atomic mass is 9.86. The first-order valence-electron chi connectivity index (χ1n) is 7.64. The molecule has 1 amide bonds. The molecule has 1 saturated carbocycles. The molecule has 118 valence electrons. The van der Waals surface area contributed by atoms with Crippen molar-refractivity contribution in [2.24, 2.45) is 5.92 Å². The van der Waals surface area contributed by atoms with E-state index < -0.39 is 0 Å². The van der Waals surface area contributed by atoms with E-state index in [1.807, 2.05) is 0 Å².